The van der Waals surface area contributed by atoms with Gasteiger partial charge in [-0.3, -0.25) is 24.3 Å². The largest absolute Gasteiger partial charge is 0.524 e. The van der Waals surface area contributed by atoms with E-state index in [1.807, 2.05) is 0 Å². The fourth-order valence-electron chi connectivity index (χ4n) is 6.25. The highest BCUT2D eigenvalue weighted by atomic mass is 32.2. The predicted molar refractivity (Wildman–Crippen MR) is 163 cm³/mol. The number of hydrogen-bond acceptors (Lipinski definition) is 8. The molecule has 246 valence electrons. The van der Waals surface area contributed by atoms with E-state index >= 15 is 4.39 Å². The number of sulfone groups is 1. The lowest BCUT2D eigenvalue weighted by atomic mass is 9.78. The molecule has 1 unspecified atom stereocenters. The summed E-state index contributed by atoms with van der Waals surface area (Å²) >= 11 is 0. The van der Waals surface area contributed by atoms with E-state index in [4.69, 9.17) is 9.26 Å². The zero-order valence-corrected chi connectivity index (χ0v) is 27.4. The Hall–Kier alpha value is -3.32. The number of nitrogens with one attached hydrogen (secondary N) is 1. The lowest BCUT2D eigenvalue weighted by molar-refractivity contribution is -0.129. The van der Waals surface area contributed by atoms with E-state index in [-0.39, 0.29) is 41.8 Å². The third kappa shape index (κ3) is 8.29. The number of rotatable bonds is 10. The molecule has 0 aromatic heterocycles. The van der Waals surface area contributed by atoms with E-state index in [1.165, 1.54) is 31.2 Å². The maximum absolute atomic E-state index is 15.1. The molecule has 0 aliphatic carbocycles. The first-order valence-electron chi connectivity index (χ1n) is 14.4. The molecule has 0 bridgehead atoms. The number of amides is 2. The van der Waals surface area contributed by atoms with Crippen LogP contribution in [0.4, 0.5) is 14.9 Å². The molecule has 2 fully saturated rings. The molecule has 2 amide bonds. The summed E-state index contributed by atoms with van der Waals surface area (Å²) in [7, 11) is -8.02. The van der Waals surface area contributed by atoms with E-state index in [0.717, 1.165) is 4.90 Å². The number of phosphoric acid groups is 1. The average molecular weight is 669 g/mol. The van der Waals surface area contributed by atoms with Crippen LogP contribution >= 0.6 is 7.82 Å². The van der Waals surface area contributed by atoms with Crippen molar-refractivity contribution in [3.05, 3.63) is 58.4 Å². The third-order valence-electron chi connectivity index (χ3n) is 8.19. The molecule has 2 atom stereocenters. The highest BCUT2D eigenvalue weighted by molar-refractivity contribution is 7.91. The highest BCUT2D eigenvalue weighted by Gasteiger charge is 2.41. The zero-order chi connectivity index (χ0) is 33.5. The van der Waals surface area contributed by atoms with Gasteiger partial charge in [0, 0.05) is 17.4 Å². The number of hydrogen-bond donors (Lipinski definition) is 3. The molecule has 2 heterocycles. The first-order valence-corrected chi connectivity index (χ1v) is 17.8. The topological polar surface area (TPSA) is 177 Å². The molecule has 2 aromatic carbocycles. The summed E-state index contributed by atoms with van der Waals surface area (Å²) in [5, 5.41) is 2.64. The van der Waals surface area contributed by atoms with Crippen LogP contribution in [0.2, 0.25) is 0 Å². The second-order valence-electron chi connectivity index (χ2n) is 12.4. The highest BCUT2D eigenvalue weighted by Crippen LogP contribution is 2.45. The van der Waals surface area contributed by atoms with E-state index in [9.17, 15) is 37.2 Å². The van der Waals surface area contributed by atoms with Crippen LogP contribution in [0.25, 0.3) is 0 Å². The van der Waals surface area contributed by atoms with Crippen molar-refractivity contribution in [3.63, 3.8) is 0 Å². The molecule has 2 aromatic rings. The molecule has 4 rings (SSSR count). The maximum Gasteiger partial charge on any atom is 0.524 e. The number of phosphoric ester groups is 1. The molecule has 0 saturated carbocycles. The van der Waals surface area contributed by atoms with Gasteiger partial charge in [0.1, 0.15) is 33.5 Å². The van der Waals surface area contributed by atoms with E-state index in [2.05, 4.69) is 5.32 Å². The predicted octanol–water partition coefficient (Wildman–Crippen LogP) is 3.97. The fraction of sp³-hybridized carbons (Fsp3) is 0.500. The standard InChI is InChI=1S/C30H38FN2O10PS/c1-17-12-18(2)27(24(13-17)43-44(37,38)39)30(4,5)15-26(35)32-28(19(3)34)25-16-33(29(36)42-25)21-6-7-22(23(31)14-21)20-8-10-45(40,41)11-9-20/h6-7,12-14,20,25,28H,8-11,15-16H2,1-5H3,(H,32,35)(H2,37,38,39)/t25-,28?/m0/s1. The Bertz CT molecular complexity index is 1660. The first-order chi connectivity index (χ1) is 20.8. The molecule has 2 saturated heterocycles. The van der Waals surface area contributed by atoms with Crippen LogP contribution in [0.3, 0.4) is 0 Å². The van der Waals surface area contributed by atoms with Crippen molar-refractivity contribution in [3.8, 4) is 5.75 Å². The van der Waals surface area contributed by atoms with Gasteiger partial charge in [-0.15, -0.1) is 0 Å². The summed E-state index contributed by atoms with van der Waals surface area (Å²) in [5.41, 5.74) is 1.30. The molecule has 2 aliphatic heterocycles. The summed E-state index contributed by atoms with van der Waals surface area (Å²) in [6, 6.07) is 6.28. The number of ether oxygens (including phenoxy) is 1. The van der Waals surface area contributed by atoms with Crippen molar-refractivity contribution in [1.29, 1.82) is 0 Å². The first kappa shape index (κ1) is 34.6. The normalized spacial score (nSPS) is 19.6. The Kier molecular flexibility index (Phi) is 9.84. The lowest BCUT2D eigenvalue weighted by Gasteiger charge is -2.30. The van der Waals surface area contributed by atoms with E-state index < -0.39 is 58.8 Å². The van der Waals surface area contributed by atoms with Crippen molar-refractivity contribution >= 4 is 41.1 Å². The molecule has 45 heavy (non-hydrogen) atoms. The van der Waals surface area contributed by atoms with Gasteiger partial charge in [-0.25, -0.2) is 22.2 Å². The minimum absolute atomic E-state index is 0.0126. The molecule has 0 radical (unpaired) electrons. The molecule has 2 aliphatic rings. The van der Waals surface area contributed by atoms with E-state index in [0.29, 0.717) is 35.1 Å². The Balaban J connectivity index is 1.48. The van der Waals surface area contributed by atoms with Gasteiger partial charge in [0.2, 0.25) is 5.91 Å². The minimum Gasteiger partial charge on any atom is -0.441 e. The number of ketones is 1. The lowest BCUT2D eigenvalue weighted by Crippen LogP contribution is -2.50. The number of cyclic esters (lactones) is 1. The number of aryl methyl sites for hydroxylation is 2. The van der Waals surface area contributed by atoms with Crippen molar-refractivity contribution in [1.82, 2.24) is 5.32 Å². The number of halogens is 1. The smallest absolute Gasteiger partial charge is 0.441 e. The molecular weight excluding hydrogens is 630 g/mol. The van der Waals surface area contributed by atoms with Crippen LogP contribution in [0.15, 0.2) is 30.3 Å². The van der Waals surface area contributed by atoms with Crippen molar-refractivity contribution in [2.24, 2.45) is 0 Å². The Morgan fingerprint density at radius 3 is 2.40 bits per heavy atom. The van der Waals surface area contributed by atoms with Gasteiger partial charge in [0.15, 0.2) is 5.78 Å². The summed E-state index contributed by atoms with van der Waals surface area (Å²) in [6.45, 7) is 7.95. The summed E-state index contributed by atoms with van der Waals surface area (Å²) < 4.78 is 60.7. The van der Waals surface area contributed by atoms with Crippen molar-refractivity contribution in [2.45, 2.75) is 77.4 Å². The van der Waals surface area contributed by atoms with Crippen molar-refractivity contribution < 1.29 is 50.8 Å². The van der Waals surface area contributed by atoms with Crippen molar-refractivity contribution in [2.75, 3.05) is 23.0 Å². The zero-order valence-electron chi connectivity index (χ0n) is 25.7. The summed E-state index contributed by atoms with van der Waals surface area (Å²) in [4.78, 5) is 58.8. The SMILES string of the molecule is CC(=O)C(NC(=O)CC(C)(C)c1c(C)cc(C)cc1OP(=O)(O)O)[C@@H]1CN(c2ccc(C3CCS(=O)(=O)CC3)c(F)c2)C(=O)O1. The van der Waals surface area contributed by atoms with Gasteiger partial charge in [0.05, 0.1) is 23.7 Å². The molecule has 3 N–H and O–H groups in total. The average Bonchev–Trinajstić information content (AvgIpc) is 3.26. The summed E-state index contributed by atoms with van der Waals surface area (Å²) in [6.07, 6.45) is -1.50. The molecule has 0 spiro atoms. The van der Waals surface area contributed by atoms with Crippen LogP contribution in [0.5, 0.6) is 5.75 Å². The van der Waals surface area contributed by atoms with Gasteiger partial charge >= 0.3 is 13.9 Å². The summed E-state index contributed by atoms with van der Waals surface area (Å²) in [5.74, 6) is -1.99. The third-order valence-corrected chi connectivity index (χ3v) is 10.3. The van der Waals surface area contributed by atoms with Crippen LogP contribution in [-0.4, -0.2) is 66.2 Å². The number of Topliss-reactive ketones (excluding diaryl/α,β-unsaturated/α-hetero) is 1. The quantitative estimate of drug-likeness (QED) is 0.314. The minimum atomic E-state index is -4.91. The monoisotopic (exact) mass is 668 g/mol. The van der Waals surface area contributed by atoms with Crippen LogP contribution in [-0.2, 0) is 34.1 Å². The Morgan fingerprint density at radius 1 is 1.18 bits per heavy atom. The Morgan fingerprint density at radius 2 is 1.82 bits per heavy atom. The van der Waals surface area contributed by atoms with Gasteiger partial charge in [-0.1, -0.05) is 26.0 Å². The van der Waals surface area contributed by atoms with E-state index in [1.54, 1.807) is 33.8 Å². The Labute approximate surface area is 261 Å². The van der Waals surface area contributed by atoms with Gasteiger partial charge in [-0.05, 0) is 74.4 Å². The van der Waals surface area contributed by atoms with Gasteiger partial charge in [0.25, 0.3) is 0 Å². The second kappa shape index (κ2) is 12.8. The fourth-order valence-corrected chi connectivity index (χ4v) is 8.14. The maximum atomic E-state index is 15.1. The number of carbonyl (C=O) groups excluding carboxylic acids is 3. The molecule has 12 nitrogen and oxygen atoms in total. The van der Waals surface area contributed by atoms with Crippen LogP contribution in [0.1, 0.15) is 68.2 Å². The number of nitrogens with zero attached hydrogens (tertiary/aromatic N) is 1. The second-order valence-corrected chi connectivity index (χ2v) is 15.9. The van der Waals surface area contributed by atoms with Crippen LogP contribution in [0, 0.1) is 19.7 Å². The number of anilines is 1. The number of benzene rings is 2. The van der Waals surface area contributed by atoms with Gasteiger partial charge in [-0.2, -0.15) is 0 Å². The molecule has 15 heteroatoms. The molecular formula is C30H38FN2O10PS. The van der Waals surface area contributed by atoms with Crippen LogP contribution < -0.4 is 14.7 Å². The number of carbonyl (C=O) groups is 3. The van der Waals surface area contributed by atoms with Gasteiger partial charge < -0.3 is 14.6 Å².